The van der Waals surface area contributed by atoms with Gasteiger partial charge in [-0.05, 0) is 42.5 Å². The highest BCUT2D eigenvalue weighted by Gasteiger charge is 2.16. The average molecular weight is 392 g/mol. The molecule has 1 amide bonds. The molecule has 0 unspecified atom stereocenters. The van der Waals surface area contributed by atoms with Crippen molar-refractivity contribution in [2.75, 3.05) is 41.8 Å². The van der Waals surface area contributed by atoms with Gasteiger partial charge >= 0.3 is 0 Å². The van der Waals surface area contributed by atoms with Crippen LogP contribution in [0, 0.1) is 5.82 Å². The summed E-state index contributed by atoms with van der Waals surface area (Å²) in [7, 11) is 0. The number of aromatic nitrogens is 1. The lowest BCUT2D eigenvalue weighted by atomic mass is 10.2. The lowest BCUT2D eigenvalue weighted by Gasteiger charge is -2.30. The Labute approximate surface area is 168 Å². The zero-order valence-corrected chi connectivity index (χ0v) is 15.8. The molecule has 1 aliphatic heterocycles. The van der Waals surface area contributed by atoms with E-state index < -0.39 is 0 Å². The molecule has 0 bridgehead atoms. The maximum atomic E-state index is 13.3. The van der Waals surface area contributed by atoms with E-state index in [2.05, 4.69) is 20.5 Å². The molecule has 2 N–H and O–H groups in total. The molecule has 6 nitrogen and oxygen atoms in total. The molecule has 3 aromatic rings. The Morgan fingerprint density at radius 1 is 1.00 bits per heavy atom. The third kappa shape index (κ3) is 4.70. The SMILES string of the molecule is O=C(Nc1ccccc1N1CCOCC1)c1ccc(Nc2cccc(F)c2)cn1. The number of halogens is 1. The molecule has 148 valence electrons. The van der Waals surface area contributed by atoms with E-state index in [4.69, 9.17) is 4.74 Å². The van der Waals surface area contributed by atoms with Crippen molar-refractivity contribution in [1.29, 1.82) is 0 Å². The second kappa shape index (κ2) is 8.70. The van der Waals surface area contributed by atoms with Crippen LogP contribution in [-0.4, -0.2) is 37.2 Å². The second-order valence-electron chi connectivity index (χ2n) is 6.64. The molecule has 0 saturated carbocycles. The van der Waals surface area contributed by atoms with Crippen molar-refractivity contribution in [1.82, 2.24) is 4.98 Å². The quantitative estimate of drug-likeness (QED) is 0.686. The monoisotopic (exact) mass is 392 g/mol. The minimum Gasteiger partial charge on any atom is -0.378 e. The topological polar surface area (TPSA) is 66.5 Å². The number of nitrogens with zero attached hydrogens (tertiary/aromatic N) is 2. The van der Waals surface area contributed by atoms with E-state index in [1.807, 2.05) is 24.3 Å². The normalized spacial score (nSPS) is 13.8. The first kappa shape index (κ1) is 18.9. The molecule has 4 rings (SSSR count). The van der Waals surface area contributed by atoms with Gasteiger partial charge in [0.05, 0.1) is 36.5 Å². The van der Waals surface area contributed by atoms with Crippen molar-refractivity contribution < 1.29 is 13.9 Å². The Morgan fingerprint density at radius 2 is 1.83 bits per heavy atom. The van der Waals surface area contributed by atoms with Gasteiger partial charge in [0, 0.05) is 18.8 Å². The standard InChI is InChI=1S/C22H21FN4O2/c23-16-4-3-5-17(14-16)25-18-8-9-20(24-15-18)22(28)26-19-6-1-2-7-21(19)27-10-12-29-13-11-27/h1-9,14-15,25H,10-13H2,(H,26,28). The first-order chi connectivity index (χ1) is 14.2. The van der Waals surface area contributed by atoms with Crippen LogP contribution in [0.2, 0.25) is 0 Å². The minimum absolute atomic E-state index is 0.289. The number of nitrogens with one attached hydrogen (secondary N) is 2. The molecular weight excluding hydrogens is 371 g/mol. The van der Waals surface area contributed by atoms with Gasteiger partial charge in [0.25, 0.3) is 5.91 Å². The fourth-order valence-corrected chi connectivity index (χ4v) is 3.18. The molecule has 2 aromatic carbocycles. The number of benzene rings is 2. The molecule has 1 aliphatic rings. The fourth-order valence-electron chi connectivity index (χ4n) is 3.18. The molecular formula is C22H21FN4O2. The predicted molar refractivity (Wildman–Crippen MR) is 111 cm³/mol. The number of amides is 1. The average Bonchev–Trinajstić information content (AvgIpc) is 2.75. The maximum absolute atomic E-state index is 13.3. The summed E-state index contributed by atoms with van der Waals surface area (Å²) in [5.41, 5.74) is 3.28. The highest BCUT2D eigenvalue weighted by Crippen LogP contribution is 2.27. The zero-order chi connectivity index (χ0) is 20.1. The first-order valence-electron chi connectivity index (χ1n) is 9.41. The van der Waals surface area contributed by atoms with E-state index in [0.717, 1.165) is 24.5 Å². The fraction of sp³-hybridized carbons (Fsp3) is 0.182. The number of carbonyl (C=O) groups excluding carboxylic acids is 1. The summed E-state index contributed by atoms with van der Waals surface area (Å²) in [5, 5.41) is 6.01. The first-order valence-corrected chi connectivity index (χ1v) is 9.41. The van der Waals surface area contributed by atoms with Gasteiger partial charge in [-0.15, -0.1) is 0 Å². The van der Waals surface area contributed by atoms with Gasteiger partial charge in [-0.25, -0.2) is 9.37 Å². The second-order valence-corrected chi connectivity index (χ2v) is 6.64. The van der Waals surface area contributed by atoms with Gasteiger partial charge in [-0.1, -0.05) is 18.2 Å². The molecule has 0 radical (unpaired) electrons. The summed E-state index contributed by atoms with van der Waals surface area (Å²) in [6.07, 6.45) is 1.55. The van der Waals surface area contributed by atoms with Crippen molar-refractivity contribution in [3.05, 3.63) is 78.4 Å². The molecule has 0 atom stereocenters. The molecule has 7 heteroatoms. The number of para-hydroxylation sites is 2. The maximum Gasteiger partial charge on any atom is 0.274 e. The van der Waals surface area contributed by atoms with Crippen molar-refractivity contribution in [3.63, 3.8) is 0 Å². The van der Waals surface area contributed by atoms with Crippen LogP contribution in [0.25, 0.3) is 0 Å². The van der Waals surface area contributed by atoms with E-state index >= 15 is 0 Å². The van der Waals surface area contributed by atoms with Crippen LogP contribution in [0.3, 0.4) is 0 Å². The predicted octanol–water partition coefficient (Wildman–Crippen LogP) is 4.05. The molecule has 1 saturated heterocycles. The Kier molecular flexibility index (Phi) is 5.67. The molecule has 0 aliphatic carbocycles. The van der Waals surface area contributed by atoms with Crippen LogP contribution in [-0.2, 0) is 4.74 Å². The Hall–Kier alpha value is -3.45. The number of anilines is 4. The van der Waals surface area contributed by atoms with Gasteiger partial charge in [-0.2, -0.15) is 0 Å². The van der Waals surface area contributed by atoms with Gasteiger partial charge in [0.15, 0.2) is 0 Å². The molecule has 0 spiro atoms. The highest BCUT2D eigenvalue weighted by molar-refractivity contribution is 6.04. The Morgan fingerprint density at radius 3 is 2.59 bits per heavy atom. The van der Waals surface area contributed by atoms with E-state index in [1.54, 1.807) is 30.5 Å². The third-order valence-corrected chi connectivity index (χ3v) is 4.61. The zero-order valence-electron chi connectivity index (χ0n) is 15.8. The van der Waals surface area contributed by atoms with Crippen molar-refractivity contribution in [2.45, 2.75) is 0 Å². The Bertz CT molecular complexity index is 988. The van der Waals surface area contributed by atoms with Crippen LogP contribution in [0.15, 0.2) is 66.9 Å². The van der Waals surface area contributed by atoms with Crippen molar-refractivity contribution in [2.24, 2.45) is 0 Å². The number of ether oxygens (including phenoxy) is 1. The van der Waals surface area contributed by atoms with E-state index in [1.165, 1.54) is 12.1 Å². The van der Waals surface area contributed by atoms with Gasteiger partial charge in [-0.3, -0.25) is 4.79 Å². The number of hydrogen-bond donors (Lipinski definition) is 2. The molecule has 29 heavy (non-hydrogen) atoms. The highest BCUT2D eigenvalue weighted by atomic mass is 19.1. The lowest BCUT2D eigenvalue weighted by Crippen LogP contribution is -2.36. The van der Waals surface area contributed by atoms with E-state index in [-0.39, 0.29) is 11.7 Å². The molecule has 1 fully saturated rings. The van der Waals surface area contributed by atoms with Gasteiger partial charge in [0.1, 0.15) is 11.5 Å². The van der Waals surface area contributed by atoms with Crippen LogP contribution in [0.5, 0.6) is 0 Å². The minimum atomic E-state index is -0.321. The summed E-state index contributed by atoms with van der Waals surface area (Å²) < 4.78 is 18.7. The van der Waals surface area contributed by atoms with Crippen molar-refractivity contribution >= 4 is 28.7 Å². The van der Waals surface area contributed by atoms with Crippen LogP contribution >= 0.6 is 0 Å². The van der Waals surface area contributed by atoms with Gasteiger partial charge < -0.3 is 20.3 Å². The van der Waals surface area contributed by atoms with E-state index in [9.17, 15) is 9.18 Å². The van der Waals surface area contributed by atoms with E-state index in [0.29, 0.717) is 30.3 Å². The summed E-state index contributed by atoms with van der Waals surface area (Å²) in [6.45, 7) is 2.91. The number of morpholine rings is 1. The van der Waals surface area contributed by atoms with Crippen molar-refractivity contribution in [3.8, 4) is 0 Å². The lowest BCUT2D eigenvalue weighted by molar-refractivity contribution is 0.102. The number of pyridine rings is 1. The summed E-state index contributed by atoms with van der Waals surface area (Å²) in [5.74, 6) is -0.610. The number of rotatable bonds is 5. The van der Waals surface area contributed by atoms with Crippen LogP contribution in [0.1, 0.15) is 10.5 Å². The smallest absolute Gasteiger partial charge is 0.274 e. The largest absolute Gasteiger partial charge is 0.378 e. The number of hydrogen-bond acceptors (Lipinski definition) is 5. The molecule has 2 heterocycles. The summed E-state index contributed by atoms with van der Waals surface area (Å²) in [4.78, 5) is 19.1. The van der Waals surface area contributed by atoms with Gasteiger partial charge in [0.2, 0.25) is 0 Å². The number of carbonyl (C=O) groups is 1. The van der Waals surface area contributed by atoms with Crippen LogP contribution < -0.4 is 15.5 Å². The van der Waals surface area contributed by atoms with Crippen LogP contribution in [0.4, 0.5) is 27.1 Å². The molecule has 1 aromatic heterocycles. The third-order valence-electron chi connectivity index (χ3n) is 4.61. The summed E-state index contributed by atoms with van der Waals surface area (Å²) >= 11 is 0. The summed E-state index contributed by atoms with van der Waals surface area (Å²) in [6, 6.07) is 17.2. The Balaban J connectivity index is 1.45.